The van der Waals surface area contributed by atoms with Crippen LogP contribution in [0.25, 0.3) is 11.1 Å². The molecule has 3 rings (SSSR count). The molecule has 2 aromatic rings. The van der Waals surface area contributed by atoms with Crippen LogP contribution in [0.2, 0.25) is 0 Å². The lowest BCUT2D eigenvalue weighted by Crippen LogP contribution is -2.45. The van der Waals surface area contributed by atoms with E-state index in [0.717, 1.165) is 31.2 Å². The van der Waals surface area contributed by atoms with E-state index in [4.69, 9.17) is 4.42 Å². The fraction of sp³-hybridized carbons (Fsp3) is 0.462. The molecule has 3 N–H and O–H groups in total. The molecule has 0 bridgehead atoms. The smallest absolute Gasteiger partial charge is 0.268 e. The third-order valence-corrected chi connectivity index (χ3v) is 3.53. The zero-order chi connectivity index (χ0) is 12.5. The molecule has 2 heterocycles. The zero-order valence-electron chi connectivity index (χ0n) is 9.98. The molecular weight excluding hydrogens is 232 g/mol. The summed E-state index contributed by atoms with van der Waals surface area (Å²) in [4.78, 5) is 15.0. The summed E-state index contributed by atoms with van der Waals surface area (Å²) >= 11 is 0. The third-order valence-electron chi connectivity index (χ3n) is 3.53. The Morgan fingerprint density at radius 1 is 1.44 bits per heavy atom. The molecule has 0 aliphatic heterocycles. The summed E-state index contributed by atoms with van der Waals surface area (Å²) in [6.07, 6.45) is 4.83. The molecule has 18 heavy (non-hydrogen) atoms. The summed E-state index contributed by atoms with van der Waals surface area (Å²) in [5, 5.41) is 12.7. The molecule has 1 aliphatic carbocycles. The van der Waals surface area contributed by atoms with Gasteiger partial charge in [-0.05, 0) is 12.8 Å². The molecule has 2 atom stereocenters. The number of aromatic nitrogens is 1. The summed E-state index contributed by atoms with van der Waals surface area (Å²) in [6, 6.07) is 3.32. The number of nitrogens with one attached hydrogen (secondary N) is 2. The van der Waals surface area contributed by atoms with Gasteiger partial charge in [-0.15, -0.1) is 0 Å². The summed E-state index contributed by atoms with van der Waals surface area (Å²) in [5.74, 6) is -0.188. The van der Waals surface area contributed by atoms with Crippen LogP contribution in [-0.4, -0.2) is 28.1 Å². The first kappa shape index (κ1) is 11.3. The minimum absolute atomic E-state index is 0.138. The highest BCUT2D eigenvalue weighted by molar-refractivity contribution is 5.96. The molecule has 5 nitrogen and oxygen atoms in total. The van der Waals surface area contributed by atoms with Gasteiger partial charge in [-0.25, -0.2) is 0 Å². The predicted molar refractivity (Wildman–Crippen MR) is 66.3 cm³/mol. The first-order valence-electron chi connectivity index (χ1n) is 6.29. The second kappa shape index (κ2) is 4.49. The van der Waals surface area contributed by atoms with E-state index in [0.29, 0.717) is 11.3 Å². The van der Waals surface area contributed by atoms with Crippen molar-refractivity contribution in [3.8, 4) is 0 Å². The molecule has 1 amide bonds. The van der Waals surface area contributed by atoms with Crippen molar-refractivity contribution in [2.75, 3.05) is 0 Å². The molecule has 0 spiro atoms. The molecule has 1 saturated carbocycles. The van der Waals surface area contributed by atoms with Crippen molar-refractivity contribution in [3.05, 3.63) is 24.1 Å². The van der Waals surface area contributed by atoms with Crippen molar-refractivity contribution in [2.45, 2.75) is 37.8 Å². The Morgan fingerprint density at radius 3 is 3.06 bits per heavy atom. The minimum atomic E-state index is -0.430. The molecule has 0 saturated heterocycles. The van der Waals surface area contributed by atoms with Gasteiger partial charge in [0.2, 0.25) is 0 Å². The number of hydrogen-bond donors (Lipinski definition) is 3. The molecule has 5 heteroatoms. The molecule has 1 fully saturated rings. The highest BCUT2D eigenvalue weighted by atomic mass is 16.3. The second-order valence-electron chi connectivity index (χ2n) is 4.81. The maximum Gasteiger partial charge on any atom is 0.268 e. The number of aliphatic hydroxyl groups is 1. The van der Waals surface area contributed by atoms with Crippen LogP contribution >= 0.6 is 0 Å². The van der Waals surface area contributed by atoms with Crippen molar-refractivity contribution < 1.29 is 14.3 Å². The van der Waals surface area contributed by atoms with E-state index in [1.807, 2.05) is 0 Å². The minimum Gasteiger partial charge on any atom is -0.463 e. The lowest BCUT2D eigenvalue weighted by atomic mass is 9.92. The number of aliphatic hydroxyl groups excluding tert-OH is 1. The number of rotatable bonds is 2. The van der Waals surface area contributed by atoms with Crippen LogP contribution in [0.4, 0.5) is 0 Å². The Balaban J connectivity index is 1.72. The van der Waals surface area contributed by atoms with Crippen molar-refractivity contribution in [3.63, 3.8) is 0 Å². The fourth-order valence-electron chi connectivity index (χ4n) is 2.50. The van der Waals surface area contributed by atoms with Gasteiger partial charge in [0.25, 0.3) is 5.91 Å². The fourth-order valence-corrected chi connectivity index (χ4v) is 2.50. The van der Waals surface area contributed by atoms with Gasteiger partial charge < -0.3 is 19.8 Å². The van der Waals surface area contributed by atoms with Crippen molar-refractivity contribution in [1.82, 2.24) is 10.3 Å². The number of aromatic amines is 1. The summed E-state index contributed by atoms with van der Waals surface area (Å²) in [6.45, 7) is 0. The van der Waals surface area contributed by atoms with Crippen LogP contribution in [0.3, 0.4) is 0 Å². The molecule has 0 aromatic carbocycles. The predicted octanol–water partition coefficient (Wildman–Crippen LogP) is 1.79. The van der Waals surface area contributed by atoms with Gasteiger partial charge in [-0.3, -0.25) is 4.79 Å². The Morgan fingerprint density at radius 2 is 2.28 bits per heavy atom. The number of amides is 1. The van der Waals surface area contributed by atoms with Gasteiger partial charge in [0.1, 0.15) is 5.69 Å². The van der Waals surface area contributed by atoms with Gasteiger partial charge >= 0.3 is 0 Å². The Kier molecular flexibility index (Phi) is 2.83. The van der Waals surface area contributed by atoms with Crippen molar-refractivity contribution in [1.29, 1.82) is 0 Å². The third kappa shape index (κ3) is 2.01. The Labute approximate surface area is 104 Å². The number of fused-ring (bicyclic) bond motifs is 1. The van der Waals surface area contributed by atoms with Crippen LogP contribution in [0.15, 0.2) is 22.8 Å². The Bertz CT molecular complexity index is 529. The largest absolute Gasteiger partial charge is 0.463 e. The van der Waals surface area contributed by atoms with E-state index in [1.54, 1.807) is 18.4 Å². The number of carbonyl (C=O) groups excluding carboxylic acids is 1. The van der Waals surface area contributed by atoms with Crippen molar-refractivity contribution >= 4 is 17.0 Å². The van der Waals surface area contributed by atoms with Gasteiger partial charge in [0, 0.05) is 12.1 Å². The van der Waals surface area contributed by atoms with E-state index >= 15 is 0 Å². The van der Waals surface area contributed by atoms with E-state index in [-0.39, 0.29) is 11.9 Å². The van der Waals surface area contributed by atoms with Gasteiger partial charge in [-0.2, -0.15) is 0 Å². The average molecular weight is 248 g/mol. The van der Waals surface area contributed by atoms with E-state index < -0.39 is 6.10 Å². The standard InChI is InChI=1S/C13H16N2O3/c16-11-4-2-1-3-8(11)15-13(17)10-7-12-9(14-10)5-6-18-12/h5-8,11,14,16H,1-4H2,(H,15,17). The second-order valence-corrected chi connectivity index (χ2v) is 4.81. The zero-order valence-corrected chi connectivity index (χ0v) is 9.98. The normalized spacial score (nSPS) is 24.3. The van der Waals surface area contributed by atoms with Gasteiger partial charge in [-0.1, -0.05) is 12.8 Å². The lowest BCUT2D eigenvalue weighted by molar-refractivity contribution is 0.0714. The maximum absolute atomic E-state index is 12.0. The van der Waals surface area contributed by atoms with Gasteiger partial charge in [0.15, 0.2) is 5.58 Å². The topological polar surface area (TPSA) is 78.3 Å². The quantitative estimate of drug-likeness (QED) is 0.758. The molecule has 2 aromatic heterocycles. The molecule has 0 radical (unpaired) electrons. The average Bonchev–Trinajstić information content (AvgIpc) is 2.92. The molecule has 96 valence electrons. The highest BCUT2D eigenvalue weighted by Crippen LogP contribution is 2.20. The molecule has 1 aliphatic rings. The van der Waals surface area contributed by atoms with Crippen LogP contribution in [-0.2, 0) is 0 Å². The number of carbonyl (C=O) groups is 1. The lowest BCUT2D eigenvalue weighted by Gasteiger charge is -2.28. The van der Waals surface area contributed by atoms with Crippen molar-refractivity contribution in [2.24, 2.45) is 0 Å². The summed E-state index contributed by atoms with van der Waals surface area (Å²) in [7, 11) is 0. The molecule has 2 unspecified atom stereocenters. The highest BCUT2D eigenvalue weighted by Gasteiger charge is 2.25. The van der Waals surface area contributed by atoms with E-state index in [1.165, 1.54) is 0 Å². The number of furan rings is 1. The van der Waals surface area contributed by atoms with Crippen LogP contribution in [0.5, 0.6) is 0 Å². The summed E-state index contributed by atoms with van der Waals surface area (Å²) in [5.41, 5.74) is 1.95. The SMILES string of the molecule is O=C(NC1CCCCC1O)c1cc2occc2[nH]1. The first-order chi connectivity index (χ1) is 8.74. The van der Waals surface area contributed by atoms with Crippen LogP contribution < -0.4 is 5.32 Å². The Hall–Kier alpha value is -1.75. The molecular formula is C13H16N2O3. The monoisotopic (exact) mass is 248 g/mol. The van der Waals surface area contributed by atoms with E-state index in [2.05, 4.69) is 10.3 Å². The first-order valence-corrected chi connectivity index (χ1v) is 6.29. The maximum atomic E-state index is 12.0. The van der Waals surface area contributed by atoms with Crippen LogP contribution in [0.1, 0.15) is 36.2 Å². The van der Waals surface area contributed by atoms with Gasteiger partial charge in [0.05, 0.1) is 23.9 Å². The van der Waals surface area contributed by atoms with Crippen LogP contribution in [0, 0.1) is 0 Å². The summed E-state index contributed by atoms with van der Waals surface area (Å²) < 4.78 is 5.20. The van der Waals surface area contributed by atoms with E-state index in [9.17, 15) is 9.90 Å². The number of H-pyrrole nitrogens is 1. The number of hydrogen-bond acceptors (Lipinski definition) is 3.